The number of hydrogen-bond donors (Lipinski definition) is 2. The van der Waals surface area contributed by atoms with Crippen molar-refractivity contribution in [1.29, 1.82) is 0 Å². The number of hydrogen-bond acceptors (Lipinski definition) is 6. The monoisotopic (exact) mass is 794 g/mol. The van der Waals surface area contributed by atoms with Crippen LogP contribution in [-0.2, 0) is 14.3 Å². The van der Waals surface area contributed by atoms with E-state index in [-0.39, 0.29) is 71.6 Å². The van der Waals surface area contributed by atoms with Crippen LogP contribution < -0.4 is 11.1 Å². The van der Waals surface area contributed by atoms with E-state index in [1.807, 2.05) is 99.9 Å². The summed E-state index contributed by atoms with van der Waals surface area (Å²) in [4.78, 5) is 45.7. The second-order valence-corrected chi connectivity index (χ2v) is 19.7. The third-order valence-electron chi connectivity index (χ3n) is 13.3. The highest BCUT2D eigenvalue weighted by molar-refractivity contribution is 5.83. The summed E-state index contributed by atoms with van der Waals surface area (Å²) >= 11 is 0. The van der Waals surface area contributed by atoms with Crippen LogP contribution in [0.15, 0.2) is 84.9 Å². The molecule has 3 aromatic carbocycles. The lowest BCUT2D eigenvalue weighted by molar-refractivity contribution is -0.134. The fourth-order valence-corrected chi connectivity index (χ4v) is 9.91. The van der Waals surface area contributed by atoms with Crippen LogP contribution in [-0.4, -0.2) is 70.8 Å². The normalized spacial score (nSPS) is 27.6. The predicted molar refractivity (Wildman–Crippen MR) is 223 cm³/mol. The number of primary amides is 1. The molecule has 3 aromatic rings. The number of carbonyl (C=O) groups excluding carboxylic acids is 3. The van der Waals surface area contributed by atoms with Gasteiger partial charge in [0, 0.05) is 55.0 Å². The number of nitrogens with two attached hydrogens (primary N) is 1. The molecule has 0 spiro atoms. The molecule has 4 fully saturated rings. The van der Waals surface area contributed by atoms with E-state index in [0.29, 0.717) is 25.9 Å². The van der Waals surface area contributed by atoms with Crippen molar-refractivity contribution >= 4 is 18.1 Å². The molecular formula is C48H63FN4O5. The first-order valence-electron chi connectivity index (χ1n) is 21.3. The van der Waals surface area contributed by atoms with Crippen LogP contribution in [0.4, 0.5) is 14.0 Å². The van der Waals surface area contributed by atoms with Crippen LogP contribution in [0, 0.1) is 28.5 Å². The van der Waals surface area contributed by atoms with E-state index >= 15 is 0 Å². The van der Waals surface area contributed by atoms with E-state index in [2.05, 4.69) is 36.5 Å². The molecule has 9 nitrogen and oxygen atoms in total. The molecule has 6 unspecified atom stereocenters. The van der Waals surface area contributed by atoms with E-state index in [0.717, 1.165) is 36.8 Å². The molecule has 7 rings (SSSR count). The van der Waals surface area contributed by atoms with Crippen LogP contribution in [0.2, 0.25) is 0 Å². The zero-order valence-electron chi connectivity index (χ0n) is 35.4. The molecule has 312 valence electrons. The summed E-state index contributed by atoms with van der Waals surface area (Å²) in [6, 6.07) is 27.0. The highest BCUT2D eigenvalue weighted by Gasteiger charge is 2.67. The maximum absolute atomic E-state index is 14.4. The lowest BCUT2D eigenvalue weighted by Crippen LogP contribution is -2.58. The summed E-state index contributed by atoms with van der Waals surface area (Å²) in [7, 11) is 0. The van der Waals surface area contributed by atoms with Gasteiger partial charge < -0.3 is 30.3 Å². The van der Waals surface area contributed by atoms with Gasteiger partial charge >= 0.3 is 12.2 Å². The number of carbonyl (C=O) groups is 3. The summed E-state index contributed by atoms with van der Waals surface area (Å²) < 4.78 is 26.2. The first kappa shape index (κ1) is 41.7. The second-order valence-electron chi connectivity index (χ2n) is 19.7. The van der Waals surface area contributed by atoms with Crippen LogP contribution >= 0.6 is 0 Å². The van der Waals surface area contributed by atoms with Crippen molar-refractivity contribution in [3.63, 3.8) is 0 Å². The smallest absolute Gasteiger partial charge is 0.410 e. The highest BCUT2D eigenvalue weighted by atomic mass is 19.1. The Hall–Kier alpha value is -4.44. The second kappa shape index (κ2) is 16.0. The summed E-state index contributed by atoms with van der Waals surface area (Å²) in [5, 5.41) is 3.82. The molecule has 4 saturated carbocycles. The largest absolute Gasteiger partial charge is 0.444 e. The van der Waals surface area contributed by atoms with E-state index < -0.39 is 22.7 Å². The molecule has 0 aromatic heterocycles. The Bertz CT molecular complexity index is 1920. The quantitative estimate of drug-likeness (QED) is 0.168. The fraction of sp³-hybridized carbons (Fsp3) is 0.562. The molecule has 4 aliphatic rings. The summed E-state index contributed by atoms with van der Waals surface area (Å²) in [6.45, 7) is 14.7. The van der Waals surface area contributed by atoms with Crippen molar-refractivity contribution < 1.29 is 28.2 Å². The van der Waals surface area contributed by atoms with Crippen LogP contribution in [0.25, 0.3) is 0 Å². The van der Waals surface area contributed by atoms with Gasteiger partial charge in [0.1, 0.15) is 17.0 Å². The van der Waals surface area contributed by atoms with Crippen molar-refractivity contribution in [2.45, 2.75) is 128 Å². The van der Waals surface area contributed by atoms with Crippen molar-refractivity contribution in [2.75, 3.05) is 19.6 Å². The standard InChI is InChI=1S/C48H63FN4O5/c1-31(32-19-21-35(49)22-20-32)51-28-48(30-52(43(55)57-45(2,3)4)38-27-36(38)33-15-10-8-11-16-33)26-23-37(48)40-39(34-17-12-9-13-18-34)41(40)53(44(56)58-46(5,6)7)29-47(42(50)54)24-14-25-47/h8-13,15-22,31,36-41,51H,14,23-30H2,1-7H3,(H2,50,54)/t31?,36?,37?,38-,39-,40?,41?,48?/m0/s1. The number of nitrogens with zero attached hydrogens (tertiary/aromatic N) is 2. The molecule has 0 bridgehead atoms. The number of nitrogens with one attached hydrogen (secondary N) is 1. The number of rotatable bonds is 14. The summed E-state index contributed by atoms with van der Waals surface area (Å²) in [6.07, 6.45) is 4.05. The van der Waals surface area contributed by atoms with Gasteiger partial charge in [-0.25, -0.2) is 14.0 Å². The zero-order valence-corrected chi connectivity index (χ0v) is 35.4. The Morgan fingerprint density at radius 1 is 0.810 bits per heavy atom. The summed E-state index contributed by atoms with van der Waals surface area (Å²) in [5.41, 5.74) is 6.81. The molecule has 3 amide bonds. The Morgan fingerprint density at radius 2 is 1.38 bits per heavy atom. The Balaban J connectivity index is 1.27. The molecule has 3 N–H and O–H groups in total. The van der Waals surface area contributed by atoms with Gasteiger partial charge in [0.2, 0.25) is 5.91 Å². The molecule has 58 heavy (non-hydrogen) atoms. The number of halogens is 1. The third-order valence-corrected chi connectivity index (χ3v) is 13.3. The van der Waals surface area contributed by atoms with E-state index in [4.69, 9.17) is 15.2 Å². The minimum absolute atomic E-state index is 0.00844. The van der Waals surface area contributed by atoms with Crippen molar-refractivity contribution in [3.05, 3.63) is 107 Å². The summed E-state index contributed by atoms with van der Waals surface area (Å²) in [5.74, 6) is -0.324. The van der Waals surface area contributed by atoms with Gasteiger partial charge in [0.15, 0.2) is 0 Å². The van der Waals surface area contributed by atoms with E-state index in [1.165, 1.54) is 17.7 Å². The molecule has 0 heterocycles. The average Bonchev–Trinajstić information content (AvgIpc) is 4.06. The van der Waals surface area contributed by atoms with Crippen LogP contribution in [0.3, 0.4) is 0 Å². The molecule has 0 radical (unpaired) electrons. The topological polar surface area (TPSA) is 114 Å². The number of benzene rings is 3. The van der Waals surface area contributed by atoms with E-state index in [1.54, 1.807) is 0 Å². The van der Waals surface area contributed by atoms with Gasteiger partial charge in [-0.3, -0.25) is 4.79 Å². The SMILES string of the molecule is CC(NCC1(CN(C(=O)OC(C)(C)C)[C@H]2CC2c2ccccc2)CCC1C1C(N(CC2(C(N)=O)CCC2)C(=O)OC(C)(C)C)[C@H]1c1ccccc1)c1ccc(F)cc1. The maximum atomic E-state index is 14.4. The van der Waals surface area contributed by atoms with Gasteiger partial charge in [-0.15, -0.1) is 0 Å². The van der Waals surface area contributed by atoms with Crippen molar-refractivity contribution in [3.8, 4) is 0 Å². The predicted octanol–water partition coefficient (Wildman–Crippen LogP) is 9.34. The highest BCUT2D eigenvalue weighted by Crippen LogP contribution is 2.66. The average molecular weight is 795 g/mol. The van der Waals surface area contributed by atoms with Gasteiger partial charge in [0.05, 0.1) is 5.41 Å². The lowest BCUT2D eigenvalue weighted by Gasteiger charge is -2.53. The lowest BCUT2D eigenvalue weighted by atomic mass is 9.57. The number of amides is 3. The van der Waals surface area contributed by atoms with E-state index in [9.17, 15) is 18.8 Å². The molecular weight excluding hydrogens is 732 g/mol. The number of ether oxygens (including phenoxy) is 2. The molecule has 4 aliphatic carbocycles. The fourth-order valence-electron chi connectivity index (χ4n) is 9.91. The first-order valence-corrected chi connectivity index (χ1v) is 21.3. The van der Waals surface area contributed by atoms with Gasteiger partial charge in [-0.1, -0.05) is 79.2 Å². The van der Waals surface area contributed by atoms with Crippen LogP contribution in [0.5, 0.6) is 0 Å². The Morgan fingerprint density at radius 3 is 1.88 bits per heavy atom. The van der Waals surface area contributed by atoms with Crippen molar-refractivity contribution in [2.24, 2.45) is 28.4 Å². The van der Waals surface area contributed by atoms with Gasteiger partial charge in [0.25, 0.3) is 0 Å². The van der Waals surface area contributed by atoms with Gasteiger partial charge in [-0.2, -0.15) is 0 Å². The van der Waals surface area contributed by atoms with Crippen LogP contribution in [0.1, 0.15) is 122 Å². The minimum atomic E-state index is -0.792. The minimum Gasteiger partial charge on any atom is -0.444 e. The van der Waals surface area contributed by atoms with Gasteiger partial charge in [-0.05, 0) is 121 Å². The third kappa shape index (κ3) is 8.92. The Kier molecular flexibility index (Phi) is 11.5. The Labute approximate surface area is 344 Å². The first-order chi connectivity index (χ1) is 27.4. The van der Waals surface area contributed by atoms with Crippen molar-refractivity contribution in [1.82, 2.24) is 15.1 Å². The molecule has 10 heteroatoms. The zero-order chi connectivity index (χ0) is 41.6. The molecule has 0 aliphatic heterocycles. The molecule has 8 atom stereocenters. The molecule has 0 saturated heterocycles. The maximum Gasteiger partial charge on any atom is 0.410 e.